The molecule has 5 nitrogen and oxygen atoms in total. The zero-order chi connectivity index (χ0) is 17.6. The highest BCUT2D eigenvalue weighted by Crippen LogP contribution is 2.17. The molecular formula is C17H25FN2O3. The Hall–Kier alpha value is -1.95. The van der Waals surface area contributed by atoms with Gasteiger partial charge in [-0.3, -0.25) is 9.59 Å². The standard InChI is InChI=1S/C17H25FN2O3/c1-11(2)7-8-17(4,23)10-19-15(21)16(22)20-14-9-13(18)6-5-12(14)3/h5-6,9,11,23H,7-8,10H2,1-4H3,(H,19,21)(H,20,22). The summed E-state index contributed by atoms with van der Waals surface area (Å²) < 4.78 is 13.2. The molecule has 1 unspecified atom stereocenters. The summed E-state index contributed by atoms with van der Waals surface area (Å²) in [6.45, 7) is 7.38. The molecule has 3 N–H and O–H groups in total. The van der Waals surface area contributed by atoms with E-state index < -0.39 is 23.2 Å². The first-order valence-corrected chi connectivity index (χ1v) is 7.68. The number of nitrogens with one attached hydrogen (secondary N) is 2. The highest BCUT2D eigenvalue weighted by molar-refractivity contribution is 6.39. The molecule has 0 saturated heterocycles. The maximum absolute atomic E-state index is 13.2. The van der Waals surface area contributed by atoms with Crippen molar-refractivity contribution in [3.05, 3.63) is 29.6 Å². The van der Waals surface area contributed by atoms with Gasteiger partial charge in [0.2, 0.25) is 0 Å². The van der Waals surface area contributed by atoms with Crippen molar-refractivity contribution >= 4 is 17.5 Å². The van der Waals surface area contributed by atoms with Gasteiger partial charge >= 0.3 is 11.8 Å². The van der Waals surface area contributed by atoms with E-state index >= 15 is 0 Å². The van der Waals surface area contributed by atoms with Crippen LogP contribution in [0.3, 0.4) is 0 Å². The molecule has 23 heavy (non-hydrogen) atoms. The second kappa shape index (κ2) is 8.06. The van der Waals surface area contributed by atoms with Crippen molar-refractivity contribution in [2.45, 2.75) is 46.1 Å². The fraction of sp³-hybridized carbons (Fsp3) is 0.529. The molecule has 0 radical (unpaired) electrons. The minimum absolute atomic E-state index is 0.0197. The SMILES string of the molecule is Cc1ccc(F)cc1NC(=O)C(=O)NCC(C)(O)CCC(C)C. The monoisotopic (exact) mass is 324 g/mol. The number of aryl methyl sites for hydroxylation is 1. The van der Waals surface area contributed by atoms with Crippen LogP contribution in [0.25, 0.3) is 0 Å². The molecule has 1 aromatic rings. The number of halogens is 1. The number of rotatable bonds is 6. The van der Waals surface area contributed by atoms with Crippen LogP contribution in [0.2, 0.25) is 0 Å². The van der Waals surface area contributed by atoms with Gasteiger partial charge in [0, 0.05) is 12.2 Å². The maximum Gasteiger partial charge on any atom is 0.313 e. The van der Waals surface area contributed by atoms with Gasteiger partial charge in [-0.2, -0.15) is 0 Å². The molecule has 0 fully saturated rings. The van der Waals surface area contributed by atoms with E-state index in [1.807, 2.05) is 13.8 Å². The molecule has 0 spiro atoms. The lowest BCUT2D eigenvalue weighted by molar-refractivity contribution is -0.136. The highest BCUT2D eigenvalue weighted by Gasteiger charge is 2.23. The van der Waals surface area contributed by atoms with Crippen LogP contribution in [0.1, 0.15) is 39.2 Å². The molecule has 6 heteroatoms. The van der Waals surface area contributed by atoms with Crippen LogP contribution in [-0.2, 0) is 9.59 Å². The minimum atomic E-state index is -1.07. The first-order valence-electron chi connectivity index (χ1n) is 7.68. The van der Waals surface area contributed by atoms with Gasteiger partial charge in [-0.15, -0.1) is 0 Å². The van der Waals surface area contributed by atoms with Crippen LogP contribution in [0, 0.1) is 18.7 Å². The molecule has 1 aromatic carbocycles. The van der Waals surface area contributed by atoms with E-state index in [1.54, 1.807) is 13.8 Å². The van der Waals surface area contributed by atoms with Crippen molar-refractivity contribution in [2.24, 2.45) is 5.92 Å². The van der Waals surface area contributed by atoms with Gasteiger partial charge in [0.1, 0.15) is 5.82 Å². The van der Waals surface area contributed by atoms with Crippen LogP contribution < -0.4 is 10.6 Å². The molecule has 2 amide bonds. The molecule has 1 rings (SSSR count). The van der Waals surface area contributed by atoms with E-state index in [9.17, 15) is 19.1 Å². The Morgan fingerprint density at radius 2 is 1.96 bits per heavy atom. The van der Waals surface area contributed by atoms with Crippen LogP contribution in [0.4, 0.5) is 10.1 Å². The minimum Gasteiger partial charge on any atom is -0.388 e. The van der Waals surface area contributed by atoms with Gasteiger partial charge < -0.3 is 15.7 Å². The van der Waals surface area contributed by atoms with E-state index in [1.165, 1.54) is 12.1 Å². The summed E-state index contributed by atoms with van der Waals surface area (Å²) in [5.74, 6) is -1.81. The highest BCUT2D eigenvalue weighted by atomic mass is 19.1. The summed E-state index contributed by atoms with van der Waals surface area (Å²) >= 11 is 0. The Kier molecular flexibility index (Phi) is 6.69. The summed E-state index contributed by atoms with van der Waals surface area (Å²) in [5, 5.41) is 14.9. The van der Waals surface area contributed by atoms with Crippen molar-refractivity contribution in [3.8, 4) is 0 Å². The van der Waals surface area contributed by atoms with Gasteiger partial charge in [0.05, 0.1) is 5.60 Å². The zero-order valence-corrected chi connectivity index (χ0v) is 14.1. The molecule has 0 aliphatic rings. The predicted octanol–water partition coefficient (Wildman–Crippen LogP) is 2.38. The van der Waals surface area contributed by atoms with Crippen molar-refractivity contribution in [1.82, 2.24) is 5.32 Å². The molecular weight excluding hydrogens is 299 g/mol. The van der Waals surface area contributed by atoms with Gasteiger partial charge in [-0.1, -0.05) is 19.9 Å². The summed E-state index contributed by atoms with van der Waals surface area (Å²) in [6, 6.07) is 3.94. The number of hydrogen-bond donors (Lipinski definition) is 3. The lowest BCUT2D eigenvalue weighted by Crippen LogP contribution is -2.44. The van der Waals surface area contributed by atoms with Crippen molar-refractivity contribution in [1.29, 1.82) is 0 Å². The Labute approximate surface area is 136 Å². The van der Waals surface area contributed by atoms with Crippen LogP contribution in [0.5, 0.6) is 0 Å². The number of carbonyl (C=O) groups is 2. The fourth-order valence-corrected chi connectivity index (χ4v) is 1.95. The third kappa shape index (κ3) is 6.78. The topological polar surface area (TPSA) is 78.4 Å². The van der Waals surface area contributed by atoms with E-state index in [2.05, 4.69) is 10.6 Å². The number of anilines is 1. The zero-order valence-electron chi connectivity index (χ0n) is 14.1. The molecule has 0 aromatic heterocycles. The molecule has 0 aliphatic carbocycles. The van der Waals surface area contributed by atoms with Gasteiger partial charge in [0.25, 0.3) is 0 Å². The van der Waals surface area contributed by atoms with Gasteiger partial charge in [-0.05, 0) is 50.3 Å². The van der Waals surface area contributed by atoms with Crippen molar-refractivity contribution in [2.75, 3.05) is 11.9 Å². The third-order valence-electron chi connectivity index (χ3n) is 3.54. The predicted molar refractivity (Wildman–Crippen MR) is 87.5 cm³/mol. The van der Waals surface area contributed by atoms with Crippen molar-refractivity contribution in [3.63, 3.8) is 0 Å². The molecule has 0 aliphatic heterocycles. The molecule has 0 bridgehead atoms. The van der Waals surface area contributed by atoms with E-state index in [4.69, 9.17) is 0 Å². The van der Waals surface area contributed by atoms with Gasteiger partial charge in [0.15, 0.2) is 0 Å². The lowest BCUT2D eigenvalue weighted by Gasteiger charge is -2.24. The summed E-state index contributed by atoms with van der Waals surface area (Å²) in [4.78, 5) is 23.6. The van der Waals surface area contributed by atoms with Crippen LogP contribution >= 0.6 is 0 Å². The number of carbonyl (C=O) groups excluding carboxylic acids is 2. The van der Waals surface area contributed by atoms with Crippen LogP contribution in [-0.4, -0.2) is 29.1 Å². The second-order valence-corrected chi connectivity index (χ2v) is 6.53. The average Bonchev–Trinajstić information content (AvgIpc) is 2.46. The largest absolute Gasteiger partial charge is 0.388 e. The molecule has 0 saturated carbocycles. The number of benzene rings is 1. The first-order chi connectivity index (χ1) is 10.6. The Morgan fingerprint density at radius 1 is 1.30 bits per heavy atom. The Balaban J connectivity index is 2.54. The smallest absolute Gasteiger partial charge is 0.313 e. The van der Waals surface area contributed by atoms with E-state index in [0.717, 1.165) is 12.5 Å². The quantitative estimate of drug-likeness (QED) is 0.703. The van der Waals surface area contributed by atoms with E-state index in [0.29, 0.717) is 17.9 Å². The first kappa shape index (κ1) is 19.1. The number of hydrogen-bond acceptors (Lipinski definition) is 3. The van der Waals surface area contributed by atoms with E-state index in [-0.39, 0.29) is 12.2 Å². The summed E-state index contributed by atoms with van der Waals surface area (Å²) in [6.07, 6.45) is 1.34. The van der Waals surface area contributed by atoms with Crippen molar-refractivity contribution < 1.29 is 19.1 Å². The average molecular weight is 324 g/mol. The maximum atomic E-state index is 13.2. The summed E-state index contributed by atoms with van der Waals surface area (Å²) in [7, 11) is 0. The second-order valence-electron chi connectivity index (χ2n) is 6.53. The lowest BCUT2D eigenvalue weighted by atomic mass is 9.95. The third-order valence-corrected chi connectivity index (χ3v) is 3.54. The Bertz CT molecular complexity index is 571. The number of amides is 2. The molecule has 1 atom stereocenters. The van der Waals surface area contributed by atoms with Crippen LogP contribution in [0.15, 0.2) is 18.2 Å². The Morgan fingerprint density at radius 3 is 2.57 bits per heavy atom. The number of aliphatic hydroxyl groups is 1. The summed E-state index contributed by atoms with van der Waals surface area (Å²) in [5.41, 5.74) is -0.178. The molecule has 0 heterocycles. The fourth-order valence-electron chi connectivity index (χ4n) is 1.95. The van der Waals surface area contributed by atoms with Gasteiger partial charge in [-0.25, -0.2) is 4.39 Å². The molecule has 128 valence electrons. The normalized spacial score (nSPS) is 13.5.